The van der Waals surface area contributed by atoms with Crippen molar-refractivity contribution in [2.45, 2.75) is 25.9 Å². The van der Waals surface area contributed by atoms with Crippen LogP contribution in [0.2, 0.25) is 0 Å². The number of aliphatic hydroxyl groups excluding tert-OH is 1. The van der Waals surface area contributed by atoms with Crippen molar-refractivity contribution in [3.05, 3.63) is 0 Å². The first kappa shape index (κ1) is 13.9. The fraction of sp³-hybridized carbons (Fsp3) is 1.00. The first-order valence-corrected chi connectivity index (χ1v) is 7.23. The SMILES string of the molecule is COCCCS(=O)(=O)N1CCC(O)C(C)C1. The molecule has 16 heavy (non-hydrogen) atoms. The third kappa shape index (κ3) is 3.69. The maximum absolute atomic E-state index is 11.9. The van der Waals surface area contributed by atoms with E-state index in [9.17, 15) is 13.5 Å². The van der Waals surface area contributed by atoms with Crippen molar-refractivity contribution < 1.29 is 18.3 Å². The van der Waals surface area contributed by atoms with E-state index >= 15 is 0 Å². The van der Waals surface area contributed by atoms with Gasteiger partial charge in [-0.2, -0.15) is 0 Å². The van der Waals surface area contributed by atoms with Crippen molar-refractivity contribution in [3.63, 3.8) is 0 Å². The molecule has 0 aromatic rings. The summed E-state index contributed by atoms with van der Waals surface area (Å²) in [5.74, 6) is 0.148. The number of rotatable bonds is 5. The van der Waals surface area contributed by atoms with Crippen LogP contribution < -0.4 is 0 Å². The van der Waals surface area contributed by atoms with E-state index in [1.165, 1.54) is 4.31 Å². The van der Waals surface area contributed by atoms with Gasteiger partial charge in [-0.3, -0.25) is 0 Å². The first-order valence-electron chi connectivity index (χ1n) is 5.62. The Morgan fingerprint density at radius 3 is 2.75 bits per heavy atom. The molecular formula is C10H21NO4S. The van der Waals surface area contributed by atoms with Gasteiger partial charge in [-0.1, -0.05) is 6.92 Å². The molecule has 2 unspecified atom stereocenters. The molecule has 0 bridgehead atoms. The van der Waals surface area contributed by atoms with Crippen LogP contribution in [-0.4, -0.2) is 56.5 Å². The largest absolute Gasteiger partial charge is 0.393 e. The van der Waals surface area contributed by atoms with Crippen LogP contribution in [0.5, 0.6) is 0 Å². The van der Waals surface area contributed by atoms with E-state index in [1.807, 2.05) is 6.92 Å². The highest BCUT2D eigenvalue weighted by atomic mass is 32.2. The lowest BCUT2D eigenvalue weighted by Crippen LogP contribution is -2.45. The minimum atomic E-state index is -3.17. The van der Waals surface area contributed by atoms with Gasteiger partial charge in [-0.05, 0) is 18.8 Å². The summed E-state index contributed by atoms with van der Waals surface area (Å²) in [5.41, 5.74) is 0. The highest BCUT2D eigenvalue weighted by Gasteiger charge is 2.30. The number of hydrogen-bond acceptors (Lipinski definition) is 4. The fourth-order valence-electron chi connectivity index (χ4n) is 1.86. The lowest BCUT2D eigenvalue weighted by molar-refractivity contribution is 0.0628. The van der Waals surface area contributed by atoms with Gasteiger partial charge < -0.3 is 9.84 Å². The highest BCUT2D eigenvalue weighted by Crippen LogP contribution is 2.19. The molecule has 1 rings (SSSR count). The summed E-state index contributed by atoms with van der Waals surface area (Å²) < 4.78 is 30.1. The zero-order valence-electron chi connectivity index (χ0n) is 9.92. The molecule has 0 amide bonds. The van der Waals surface area contributed by atoms with Gasteiger partial charge in [0.25, 0.3) is 0 Å². The van der Waals surface area contributed by atoms with Crippen LogP contribution in [0.1, 0.15) is 19.8 Å². The molecule has 1 aliphatic rings. The smallest absolute Gasteiger partial charge is 0.214 e. The van der Waals surface area contributed by atoms with Crippen molar-refractivity contribution in [1.82, 2.24) is 4.31 Å². The van der Waals surface area contributed by atoms with E-state index in [0.29, 0.717) is 32.5 Å². The Hall–Kier alpha value is -0.170. The lowest BCUT2D eigenvalue weighted by atomic mass is 9.99. The molecule has 1 saturated heterocycles. The molecule has 1 aliphatic heterocycles. The summed E-state index contributed by atoms with van der Waals surface area (Å²) in [6.45, 7) is 3.20. The molecule has 6 heteroatoms. The summed E-state index contributed by atoms with van der Waals surface area (Å²) >= 11 is 0. The Kier molecular flexibility index (Phi) is 5.17. The number of piperidine rings is 1. The summed E-state index contributed by atoms with van der Waals surface area (Å²) in [6.07, 6.45) is 0.683. The van der Waals surface area contributed by atoms with Gasteiger partial charge in [-0.15, -0.1) is 0 Å². The molecule has 0 aromatic carbocycles. The normalized spacial score (nSPS) is 28.2. The van der Waals surface area contributed by atoms with Gasteiger partial charge in [0, 0.05) is 26.8 Å². The van der Waals surface area contributed by atoms with Crippen molar-refractivity contribution in [3.8, 4) is 0 Å². The van der Waals surface area contributed by atoms with Crippen LogP contribution in [-0.2, 0) is 14.8 Å². The summed E-state index contributed by atoms with van der Waals surface area (Å²) in [6, 6.07) is 0. The first-order chi connectivity index (χ1) is 7.47. The Bertz CT molecular complexity index is 304. The van der Waals surface area contributed by atoms with Crippen molar-refractivity contribution in [2.75, 3.05) is 32.6 Å². The second kappa shape index (κ2) is 5.95. The third-order valence-electron chi connectivity index (χ3n) is 2.97. The number of sulfonamides is 1. The van der Waals surface area contributed by atoms with Crippen molar-refractivity contribution in [2.24, 2.45) is 5.92 Å². The Labute approximate surface area is 97.4 Å². The van der Waals surface area contributed by atoms with E-state index in [1.54, 1.807) is 7.11 Å². The van der Waals surface area contributed by atoms with Gasteiger partial charge in [-0.25, -0.2) is 12.7 Å². The van der Waals surface area contributed by atoms with E-state index in [0.717, 1.165) is 0 Å². The summed E-state index contributed by atoms with van der Waals surface area (Å²) in [7, 11) is -1.61. The average Bonchev–Trinajstić information content (AvgIpc) is 2.22. The quantitative estimate of drug-likeness (QED) is 0.701. The molecular weight excluding hydrogens is 230 g/mol. The number of hydrogen-bond donors (Lipinski definition) is 1. The highest BCUT2D eigenvalue weighted by molar-refractivity contribution is 7.89. The molecule has 0 saturated carbocycles. The van der Waals surface area contributed by atoms with E-state index in [-0.39, 0.29) is 17.8 Å². The van der Waals surface area contributed by atoms with Crippen LogP contribution in [0.25, 0.3) is 0 Å². The van der Waals surface area contributed by atoms with Gasteiger partial charge >= 0.3 is 0 Å². The van der Waals surface area contributed by atoms with Gasteiger partial charge in [0.15, 0.2) is 0 Å². The average molecular weight is 251 g/mol. The number of nitrogens with zero attached hydrogens (tertiary/aromatic N) is 1. The monoisotopic (exact) mass is 251 g/mol. The summed E-state index contributed by atoms with van der Waals surface area (Å²) in [5, 5.41) is 9.53. The molecule has 0 spiro atoms. The van der Waals surface area contributed by atoms with Crippen LogP contribution in [0.3, 0.4) is 0 Å². The topological polar surface area (TPSA) is 66.8 Å². The second-order valence-corrected chi connectivity index (χ2v) is 6.44. The number of ether oxygens (including phenoxy) is 1. The van der Waals surface area contributed by atoms with Gasteiger partial charge in [0.1, 0.15) is 0 Å². The molecule has 1 heterocycles. The zero-order valence-corrected chi connectivity index (χ0v) is 10.7. The zero-order chi connectivity index (χ0) is 12.2. The molecule has 0 radical (unpaired) electrons. The molecule has 96 valence electrons. The fourth-order valence-corrected chi connectivity index (χ4v) is 3.45. The maximum Gasteiger partial charge on any atom is 0.214 e. The minimum Gasteiger partial charge on any atom is -0.393 e. The van der Waals surface area contributed by atoms with E-state index < -0.39 is 10.0 Å². The van der Waals surface area contributed by atoms with Crippen molar-refractivity contribution in [1.29, 1.82) is 0 Å². The number of methoxy groups -OCH3 is 1. The Balaban J connectivity index is 2.49. The van der Waals surface area contributed by atoms with Crippen LogP contribution in [0, 0.1) is 5.92 Å². The van der Waals surface area contributed by atoms with Crippen molar-refractivity contribution >= 4 is 10.0 Å². The third-order valence-corrected chi connectivity index (χ3v) is 4.89. The Morgan fingerprint density at radius 1 is 1.50 bits per heavy atom. The standard InChI is InChI=1S/C10H21NO4S/c1-9-8-11(5-4-10(9)12)16(13,14)7-3-6-15-2/h9-10,12H,3-8H2,1-2H3. The molecule has 0 aromatic heterocycles. The Morgan fingerprint density at radius 2 is 2.19 bits per heavy atom. The molecule has 1 fully saturated rings. The predicted octanol–water partition coefficient (Wildman–Crippen LogP) is 0.0554. The lowest BCUT2D eigenvalue weighted by Gasteiger charge is -2.33. The number of aliphatic hydroxyl groups is 1. The van der Waals surface area contributed by atoms with Crippen LogP contribution in [0.4, 0.5) is 0 Å². The predicted molar refractivity (Wildman–Crippen MR) is 61.6 cm³/mol. The molecule has 2 atom stereocenters. The summed E-state index contributed by atoms with van der Waals surface area (Å²) in [4.78, 5) is 0. The molecule has 5 nitrogen and oxygen atoms in total. The molecule has 0 aliphatic carbocycles. The van der Waals surface area contributed by atoms with Gasteiger partial charge in [0.05, 0.1) is 11.9 Å². The van der Waals surface area contributed by atoms with Gasteiger partial charge in [0.2, 0.25) is 10.0 Å². The minimum absolute atomic E-state index is 0.0194. The second-order valence-electron chi connectivity index (χ2n) is 4.35. The van der Waals surface area contributed by atoms with Crippen LogP contribution >= 0.6 is 0 Å². The maximum atomic E-state index is 11.9. The van der Waals surface area contributed by atoms with E-state index in [4.69, 9.17) is 4.74 Å². The van der Waals surface area contributed by atoms with E-state index in [2.05, 4.69) is 0 Å². The van der Waals surface area contributed by atoms with Crippen LogP contribution in [0.15, 0.2) is 0 Å². The molecule has 1 N–H and O–H groups in total.